The number of ether oxygens (including phenoxy) is 2. The summed E-state index contributed by atoms with van der Waals surface area (Å²) >= 11 is 0. The standard InChI is InChI=1S/C13H20O2.C7H12O2/c1-5-11(14)15-10-8-9-6-7-13(10,4)12(9,2)3;1-3-5-6-9-7(8)4-2/h5,9-10H,1,6-8H2,2-4H3;4H,2-3,5-6H2,1H3. The Morgan fingerprint density at radius 3 is 2.21 bits per heavy atom. The number of carbonyl (C=O) groups is 2. The fourth-order valence-electron chi connectivity index (χ4n) is 3.87. The van der Waals surface area contributed by atoms with Crippen molar-refractivity contribution in [2.75, 3.05) is 6.61 Å². The molecule has 0 spiro atoms. The maximum atomic E-state index is 11.3. The SMILES string of the molecule is C=CC(=O)OC1CC2CCC1(C)C2(C)C.C=CC(=O)OCCCC. The van der Waals surface area contributed by atoms with Crippen LogP contribution in [0.5, 0.6) is 0 Å². The Morgan fingerprint density at radius 1 is 1.17 bits per heavy atom. The molecule has 2 aliphatic rings. The molecule has 0 N–H and O–H groups in total. The molecule has 2 aliphatic carbocycles. The Morgan fingerprint density at radius 2 is 1.79 bits per heavy atom. The van der Waals surface area contributed by atoms with Gasteiger partial charge in [-0.1, -0.05) is 47.3 Å². The molecule has 2 bridgehead atoms. The third-order valence-electron chi connectivity index (χ3n) is 6.05. The highest BCUT2D eigenvalue weighted by Crippen LogP contribution is 2.66. The molecular formula is C20H32O4. The van der Waals surface area contributed by atoms with Gasteiger partial charge in [0.1, 0.15) is 6.10 Å². The molecular weight excluding hydrogens is 304 g/mol. The molecule has 0 aromatic heterocycles. The second-order valence-electron chi connectivity index (χ2n) is 7.47. The van der Waals surface area contributed by atoms with E-state index in [9.17, 15) is 9.59 Å². The van der Waals surface area contributed by atoms with E-state index in [0.717, 1.165) is 19.3 Å². The van der Waals surface area contributed by atoms with E-state index < -0.39 is 0 Å². The summed E-state index contributed by atoms with van der Waals surface area (Å²) in [5.41, 5.74) is 0.468. The number of unbranched alkanes of at least 4 members (excludes halogenated alkanes) is 1. The van der Waals surface area contributed by atoms with Crippen molar-refractivity contribution >= 4 is 11.9 Å². The van der Waals surface area contributed by atoms with E-state index in [1.54, 1.807) is 0 Å². The zero-order chi connectivity index (χ0) is 18.4. The largest absolute Gasteiger partial charge is 0.463 e. The summed E-state index contributed by atoms with van der Waals surface area (Å²) in [7, 11) is 0. The second kappa shape index (κ2) is 8.50. The molecule has 0 radical (unpaired) electrons. The van der Waals surface area contributed by atoms with Gasteiger partial charge in [-0.3, -0.25) is 0 Å². The van der Waals surface area contributed by atoms with E-state index in [4.69, 9.17) is 4.74 Å². The molecule has 4 heteroatoms. The molecule has 0 saturated heterocycles. The fourth-order valence-corrected chi connectivity index (χ4v) is 3.87. The minimum absolute atomic E-state index is 0.0942. The van der Waals surface area contributed by atoms with Crippen LogP contribution in [-0.4, -0.2) is 24.6 Å². The quantitative estimate of drug-likeness (QED) is 0.408. The lowest BCUT2D eigenvalue weighted by Gasteiger charge is -2.38. The Hall–Kier alpha value is -1.58. The molecule has 24 heavy (non-hydrogen) atoms. The first-order valence-electron chi connectivity index (χ1n) is 8.85. The van der Waals surface area contributed by atoms with Crippen LogP contribution in [0.15, 0.2) is 25.3 Å². The number of hydrogen-bond acceptors (Lipinski definition) is 4. The Kier molecular flexibility index (Phi) is 7.25. The average molecular weight is 336 g/mol. The van der Waals surface area contributed by atoms with Crippen LogP contribution in [0.4, 0.5) is 0 Å². The number of esters is 2. The predicted octanol–water partition coefficient (Wildman–Crippen LogP) is 4.45. The van der Waals surface area contributed by atoms with Gasteiger partial charge in [0.15, 0.2) is 0 Å². The third kappa shape index (κ3) is 4.28. The van der Waals surface area contributed by atoms with Gasteiger partial charge in [-0.15, -0.1) is 0 Å². The van der Waals surface area contributed by atoms with Crippen molar-refractivity contribution in [2.45, 2.75) is 65.9 Å². The monoisotopic (exact) mass is 336 g/mol. The van der Waals surface area contributed by atoms with Crippen molar-refractivity contribution in [1.29, 1.82) is 0 Å². The summed E-state index contributed by atoms with van der Waals surface area (Å²) in [6.45, 7) is 16.2. The Bertz CT molecular complexity index is 480. The number of carbonyl (C=O) groups excluding carboxylic acids is 2. The molecule has 0 aromatic carbocycles. The van der Waals surface area contributed by atoms with E-state index in [0.29, 0.717) is 17.9 Å². The first-order valence-corrected chi connectivity index (χ1v) is 8.85. The van der Waals surface area contributed by atoms with Crippen LogP contribution < -0.4 is 0 Å². The lowest BCUT2D eigenvalue weighted by molar-refractivity contribution is -0.150. The van der Waals surface area contributed by atoms with Gasteiger partial charge in [-0.05, 0) is 37.0 Å². The highest BCUT2D eigenvalue weighted by molar-refractivity contribution is 5.81. The molecule has 2 rings (SSSR count). The van der Waals surface area contributed by atoms with E-state index in [1.165, 1.54) is 25.0 Å². The lowest BCUT2D eigenvalue weighted by Crippen LogP contribution is -2.38. The minimum atomic E-state index is -0.330. The third-order valence-corrected chi connectivity index (χ3v) is 6.05. The molecule has 2 fully saturated rings. The fraction of sp³-hybridized carbons (Fsp3) is 0.700. The zero-order valence-corrected chi connectivity index (χ0v) is 15.6. The molecule has 0 aromatic rings. The molecule has 3 atom stereocenters. The topological polar surface area (TPSA) is 52.6 Å². The molecule has 136 valence electrons. The Balaban J connectivity index is 0.000000277. The van der Waals surface area contributed by atoms with Crippen LogP contribution in [0.2, 0.25) is 0 Å². The van der Waals surface area contributed by atoms with Gasteiger partial charge >= 0.3 is 11.9 Å². The van der Waals surface area contributed by atoms with Crippen molar-refractivity contribution in [3.8, 4) is 0 Å². The lowest BCUT2D eigenvalue weighted by atomic mass is 9.70. The summed E-state index contributed by atoms with van der Waals surface area (Å²) in [6, 6.07) is 0. The Labute approximate surface area is 146 Å². The smallest absolute Gasteiger partial charge is 0.330 e. The molecule has 0 aliphatic heterocycles. The summed E-state index contributed by atoms with van der Waals surface area (Å²) in [4.78, 5) is 21.6. The molecule has 0 amide bonds. The van der Waals surface area contributed by atoms with E-state index >= 15 is 0 Å². The van der Waals surface area contributed by atoms with Gasteiger partial charge in [0.25, 0.3) is 0 Å². The molecule has 2 saturated carbocycles. The average Bonchev–Trinajstić information content (AvgIpc) is 2.88. The number of rotatable bonds is 6. The van der Waals surface area contributed by atoms with Gasteiger partial charge in [-0.25, -0.2) is 9.59 Å². The predicted molar refractivity (Wildman–Crippen MR) is 95.4 cm³/mol. The first kappa shape index (κ1) is 20.5. The maximum Gasteiger partial charge on any atom is 0.330 e. The highest BCUT2D eigenvalue weighted by Gasteiger charge is 2.62. The minimum Gasteiger partial charge on any atom is -0.463 e. The summed E-state index contributed by atoms with van der Waals surface area (Å²) in [5, 5.41) is 0. The summed E-state index contributed by atoms with van der Waals surface area (Å²) in [5.74, 6) is 0.109. The molecule has 0 heterocycles. The van der Waals surface area contributed by atoms with Gasteiger partial charge in [0, 0.05) is 17.6 Å². The second-order valence-corrected chi connectivity index (χ2v) is 7.47. The van der Waals surface area contributed by atoms with E-state index in [2.05, 4.69) is 38.7 Å². The van der Waals surface area contributed by atoms with Crippen molar-refractivity contribution in [3.05, 3.63) is 25.3 Å². The van der Waals surface area contributed by atoms with Crippen molar-refractivity contribution in [1.82, 2.24) is 0 Å². The number of hydrogen-bond donors (Lipinski definition) is 0. The van der Waals surface area contributed by atoms with Gasteiger partial charge in [0.2, 0.25) is 0 Å². The van der Waals surface area contributed by atoms with Gasteiger partial charge in [-0.2, -0.15) is 0 Å². The summed E-state index contributed by atoms with van der Waals surface area (Å²) < 4.78 is 10.2. The van der Waals surface area contributed by atoms with E-state index in [1.807, 2.05) is 6.92 Å². The normalized spacial score (nSPS) is 29.2. The van der Waals surface area contributed by atoms with Crippen LogP contribution in [0.1, 0.15) is 59.8 Å². The van der Waals surface area contributed by atoms with Gasteiger partial charge in [0.05, 0.1) is 6.61 Å². The van der Waals surface area contributed by atoms with Crippen LogP contribution in [0, 0.1) is 16.7 Å². The zero-order valence-electron chi connectivity index (χ0n) is 15.6. The van der Waals surface area contributed by atoms with Crippen LogP contribution >= 0.6 is 0 Å². The number of fused-ring (bicyclic) bond motifs is 2. The van der Waals surface area contributed by atoms with Crippen molar-refractivity contribution in [3.63, 3.8) is 0 Å². The first-order chi connectivity index (χ1) is 11.2. The van der Waals surface area contributed by atoms with E-state index in [-0.39, 0.29) is 23.5 Å². The molecule has 4 nitrogen and oxygen atoms in total. The van der Waals surface area contributed by atoms with Gasteiger partial charge < -0.3 is 9.47 Å². The summed E-state index contributed by atoms with van der Waals surface area (Å²) in [6.07, 6.45) is 8.01. The molecule has 3 unspecified atom stereocenters. The van der Waals surface area contributed by atoms with Crippen LogP contribution in [0.3, 0.4) is 0 Å². The van der Waals surface area contributed by atoms with Crippen molar-refractivity contribution < 1.29 is 19.1 Å². The van der Waals surface area contributed by atoms with Crippen LogP contribution in [-0.2, 0) is 19.1 Å². The highest BCUT2D eigenvalue weighted by atomic mass is 16.5. The van der Waals surface area contributed by atoms with Crippen LogP contribution in [0.25, 0.3) is 0 Å². The maximum absolute atomic E-state index is 11.3. The van der Waals surface area contributed by atoms with Crippen molar-refractivity contribution in [2.24, 2.45) is 16.7 Å².